The summed E-state index contributed by atoms with van der Waals surface area (Å²) in [6, 6.07) is 27.2. The van der Waals surface area contributed by atoms with Crippen LogP contribution < -0.4 is 25.1 Å². The van der Waals surface area contributed by atoms with Crippen LogP contribution in [0.4, 0.5) is 14.5 Å². The molecule has 0 unspecified atom stereocenters. The van der Waals surface area contributed by atoms with Gasteiger partial charge in [0.15, 0.2) is 11.6 Å². The molecule has 5 rings (SSSR count). The van der Waals surface area contributed by atoms with E-state index in [1.165, 1.54) is 16.7 Å². The highest BCUT2D eigenvalue weighted by Crippen LogP contribution is 2.40. The Bertz CT molecular complexity index is 1700. The maximum Gasteiger partial charge on any atom is 0.254 e. The van der Waals surface area contributed by atoms with E-state index in [2.05, 4.69) is 5.32 Å². The standard InChI is InChI=1S/C33H28F2N2O4/c1-3-39-32-19-33(38)37(2)21-28(32)27-18-24(12-16-30(27)41-31-15-11-23(34)17-29(31)35)36-20-22-9-13-26(14-10-22)40-25-7-5-4-6-8-25/h4-19,21,36H,3,20H2,1-2H3. The Labute approximate surface area is 236 Å². The molecule has 4 aromatic carbocycles. The second-order valence-electron chi connectivity index (χ2n) is 9.23. The monoisotopic (exact) mass is 554 g/mol. The molecule has 0 aliphatic heterocycles. The lowest BCUT2D eigenvalue weighted by Crippen LogP contribution is -2.16. The molecule has 1 heterocycles. The number of nitrogens with one attached hydrogen (secondary N) is 1. The minimum atomic E-state index is -0.830. The minimum absolute atomic E-state index is 0.131. The van der Waals surface area contributed by atoms with Crippen LogP contribution in [0.5, 0.6) is 28.7 Å². The van der Waals surface area contributed by atoms with Crippen molar-refractivity contribution in [3.05, 3.63) is 131 Å². The molecule has 6 nitrogen and oxygen atoms in total. The molecule has 41 heavy (non-hydrogen) atoms. The molecule has 0 fully saturated rings. The van der Waals surface area contributed by atoms with Crippen molar-refractivity contribution >= 4 is 5.69 Å². The summed E-state index contributed by atoms with van der Waals surface area (Å²) >= 11 is 0. The number of rotatable bonds is 10. The van der Waals surface area contributed by atoms with Crippen molar-refractivity contribution < 1.29 is 23.0 Å². The van der Waals surface area contributed by atoms with Crippen LogP contribution in [-0.2, 0) is 13.6 Å². The van der Waals surface area contributed by atoms with Gasteiger partial charge >= 0.3 is 0 Å². The topological polar surface area (TPSA) is 61.7 Å². The SMILES string of the molecule is CCOc1cc(=O)n(C)cc1-c1cc(NCc2ccc(Oc3ccccc3)cc2)ccc1Oc1ccc(F)cc1F. The molecular weight excluding hydrogens is 526 g/mol. The smallest absolute Gasteiger partial charge is 0.254 e. The van der Waals surface area contributed by atoms with Gasteiger partial charge in [-0.2, -0.15) is 0 Å². The Morgan fingerprint density at radius 1 is 0.756 bits per heavy atom. The maximum atomic E-state index is 14.5. The second-order valence-corrected chi connectivity index (χ2v) is 9.23. The molecule has 0 spiro atoms. The van der Waals surface area contributed by atoms with Crippen LogP contribution in [0.15, 0.2) is 108 Å². The molecule has 0 atom stereocenters. The van der Waals surface area contributed by atoms with Gasteiger partial charge in [0.05, 0.1) is 6.61 Å². The number of aryl methyl sites for hydroxylation is 1. The lowest BCUT2D eigenvalue weighted by atomic mass is 10.0. The number of benzene rings is 4. The molecule has 5 aromatic rings. The Balaban J connectivity index is 1.43. The van der Waals surface area contributed by atoms with E-state index in [4.69, 9.17) is 14.2 Å². The Morgan fingerprint density at radius 3 is 2.22 bits per heavy atom. The zero-order valence-electron chi connectivity index (χ0n) is 22.6. The van der Waals surface area contributed by atoms with Gasteiger partial charge in [0, 0.05) is 48.7 Å². The molecule has 0 saturated heterocycles. The van der Waals surface area contributed by atoms with Crippen molar-refractivity contribution in [1.29, 1.82) is 0 Å². The predicted molar refractivity (Wildman–Crippen MR) is 155 cm³/mol. The van der Waals surface area contributed by atoms with E-state index in [1.54, 1.807) is 25.4 Å². The predicted octanol–water partition coefficient (Wildman–Crippen LogP) is 7.93. The van der Waals surface area contributed by atoms with Crippen molar-refractivity contribution in [3.63, 3.8) is 0 Å². The quantitative estimate of drug-likeness (QED) is 0.190. The summed E-state index contributed by atoms with van der Waals surface area (Å²) in [7, 11) is 1.63. The summed E-state index contributed by atoms with van der Waals surface area (Å²) in [5.74, 6) is 0.506. The van der Waals surface area contributed by atoms with Crippen LogP contribution >= 0.6 is 0 Å². The van der Waals surface area contributed by atoms with Crippen LogP contribution in [-0.4, -0.2) is 11.2 Å². The first-order valence-electron chi connectivity index (χ1n) is 13.1. The van der Waals surface area contributed by atoms with E-state index in [1.807, 2.05) is 67.6 Å². The fourth-order valence-corrected chi connectivity index (χ4v) is 4.21. The van der Waals surface area contributed by atoms with E-state index < -0.39 is 11.6 Å². The molecule has 1 aromatic heterocycles. The first-order chi connectivity index (χ1) is 19.9. The maximum absolute atomic E-state index is 14.5. The largest absolute Gasteiger partial charge is 0.493 e. The number of aromatic nitrogens is 1. The van der Waals surface area contributed by atoms with Crippen LogP contribution in [0.25, 0.3) is 11.1 Å². The first-order valence-corrected chi connectivity index (χ1v) is 13.1. The molecule has 8 heteroatoms. The van der Waals surface area contributed by atoms with Crippen LogP contribution in [0.1, 0.15) is 12.5 Å². The number of anilines is 1. The van der Waals surface area contributed by atoms with Crippen molar-refractivity contribution in [1.82, 2.24) is 4.57 Å². The minimum Gasteiger partial charge on any atom is -0.493 e. The molecular formula is C33H28F2N2O4. The number of hydrogen-bond donors (Lipinski definition) is 1. The summed E-state index contributed by atoms with van der Waals surface area (Å²) in [5.41, 5.74) is 2.69. The average Bonchev–Trinajstić information content (AvgIpc) is 2.97. The summed E-state index contributed by atoms with van der Waals surface area (Å²) in [6.07, 6.45) is 1.64. The average molecular weight is 555 g/mol. The number of pyridine rings is 1. The zero-order valence-corrected chi connectivity index (χ0v) is 22.6. The molecule has 208 valence electrons. The van der Waals surface area contributed by atoms with Crippen LogP contribution in [0, 0.1) is 11.6 Å². The molecule has 0 bridgehead atoms. The van der Waals surface area contributed by atoms with Gasteiger partial charge in [-0.15, -0.1) is 0 Å². The van der Waals surface area contributed by atoms with Gasteiger partial charge in [0.1, 0.15) is 28.8 Å². The van der Waals surface area contributed by atoms with Gasteiger partial charge in [-0.25, -0.2) is 8.78 Å². The fraction of sp³-hybridized carbons (Fsp3) is 0.121. The van der Waals surface area contributed by atoms with Gasteiger partial charge in [-0.3, -0.25) is 4.79 Å². The van der Waals surface area contributed by atoms with Crippen LogP contribution in [0.2, 0.25) is 0 Å². The third kappa shape index (κ3) is 6.73. The first kappa shape index (κ1) is 27.5. The van der Waals surface area contributed by atoms with E-state index in [0.29, 0.717) is 35.8 Å². The normalized spacial score (nSPS) is 10.7. The van der Waals surface area contributed by atoms with Gasteiger partial charge in [0.25, 0.3) is 5.56 Å². The molecule has 1 N–H and O–H groups in total. The third-order valence-corrected chi connectivity index (χ3v) is 6.27. The second kappa shape index (κ2) is 12.4. The molecule has 0 saturated carbocycles. The van der Waals surface area contributed by atoms with Crippen molar-refractivity contribution in [3.8, 4) is 39.9 Å². The van der Waals surface area contributed by atoms with Crippen molar-refractivity contribution in [2.45, 2.75) is 13.5 Å². The molecule has 0 aliphatic rings. The summed E-state index contributed by atoms with van der Waals surface area (Å²) in [6.45, 7) is 2.68. The van der Waals surface area contributed by atoms with E-state index in [9.17, 15) is 13.6 Å². The Hall–Kier alpha value is -5.11. The number of nitrogens with zero attached hydrogens (tertiary/aromatic N) is 1. The highest BCUT2D eigenvalue weighted by atomic mass is 19.1. The van der Waals surface area contributed by atoms with E-state index in [0.717, 1.165) is 34.9 Å². The summed E-state index contributed by atoms with van der Waals surface area (Å²) < 4.78 is 46.9. The van der Waals surface area contributed by atoms with Crippen molar-refractivity contribution in [2.75, 3.05) is 11.9 Å². The Morgan fingerprint density at radius 2 is 1.49 bits per heavy atom. The lowest BCUT2D eigenvalue weighted by Gasteiger charge is -2.18. The van der Waals surface area contributed by atoms with Gasteiger partial charge in [0.2, 0.25) is 0 Å². The van der Waals surface area contributed by atoms with Crippen LogP contribution in [0.3, 0.4) is 0 Å². The van der Waals surface area contributed by atoms with Gasteiger partial charge in [-0.05, 0) is 67.1 Å². The Kier molecular flexibility index (Phi) is 8.29. The molecule has 0 radical (unpaired) electrons. The van der Waals surface area contributed by atoms with Crippen molar-refractivity contribution in [2.24, 2.45) is 7.05 Å². The summed E-state index contributed by atoms with van der Waals surface area (Å²) in [5, 5.41) is 3.40. The number of para-hydroxylation sites is 1. The number of ether oxygens (including phenoxy) is 3. The zero-order chi connectivity index (χ0) is 28.8. The molecule has 0 aliphatic carbocycles. The van der Waals surface area contributed by atoms with E-state index >= 15 is 0 Å². The van der Waals surface area contributed by atoms with E-state index in [-0.39, 0.29) is 11.3 Å². The highest BCUT2D eigenvalue weighted by Gasteiger charge is 2.17. The van der Waals surface area contributed by atoms with Gasteiger partial charge in [-0.1, -0.05) is 30.3 Å². The third-order valence-electron chi connectivity index (χ3n) is 6.27. The van der Waals surface area contributed by atoms with Gasteiger partial charge < -0.3 is 24.1 Å². The fourth-order valence-electron chi connectivity index (χ4n) is 4.21. The number of hydrogen-bond acceptors (Lipinski definition) is 5. The lowest BCUT2D eigenvalue weighted by molar-refractivity contribution is 0.340. The summed E-state index contributed by atoms with van der Waals surface area (Å²) in [4.78, 5) is 12.3. The highest BCUT2D eigenvalue weighted by molar-refractivity contribution is 5.78. The number of halogens is 2. The molecule has 0 amide bonds.